The maximum absolute atomic E-state index is 12.9. The molecule has 8 heteroatoms. The lowest BCUT2D eigenvalue weighted by atomic mass is 10.3. The normalized spacial score (nSPS) is 16.7. The van der Waals surface area contributed by atoms with E-state index < -0.39 is 34.1 Å². The summed E-state index contributed by atoms with van der Waals surface area (Å²) in [7, 11) is -4.01. The maximum atomic E-state index is 12.9. The summed E-state index contributed by atoms with van der Waals surface area (Å²) in [5.41, 5.74) is -0.571. The van der Waals surface area contributed by atoms with Gasteiger partial charge in [0.25, 0.3) is 10.0 Å². The molecule has 0 saturated heterocycles. The number of aliphatic carboxylic acids is 1. The number of hydrogen-bond acceptors (Lipinski definition) is 4. The minimum absolute atomic E-state index is 0.139. The predicted octanol–water partition coefficient (Wildman–Crippen LogP) is 0.957. The van der Waals surface area contributed by atoms with Crippen LogP contribution in [0, 0.1) is 5.82 Å². The predicted molar refractivity (Wildman–Crippen MR) is 64.0 cm³/mol. The van der Waals surface area contributed by atoms with E-state index in [0.717, 1.165) is 12.1 Å². The maximum Gasteiger partial charge on any atom is 0.355 e. The Bertz CT molecular complexity index is 693. The van der Waals surface area contributed by atoms with Gasteiger partial charge in [-0.05, 0) is 18.2 Å². The van der Waals surface area contributed by atoms with Crippen LogP contribution in [0.1, 0.15) is 0 Å². The van der Waals surface area contributed by atoms with Gasteiger partial charge in [-0.3, -0.25) is 0 Å². The first-order valence-electron chi connectivity index (χ1n) is 5.06. The molecule has 6 nitrogen and oxygen atoms in total. The van der Waals surface area contributed by atoms with Gasteiger partial charge in [0.15, 0.2) is 5.71 Å². The van der Waals surface area contributed by atoms with Gasteiger partial charge in [-0.1, -0.05) is 6.07 Å². The van der Waals surface area contributed by atoms with Crippen molar-refractivity contribution in [1.29, 1.82) is 0 Å². The number of sulfonamides is 1. The minimum atomic E-state index is -4.01. The van der Waals surface area contributed by atoms with Crippen molar-refractivity contribution in [3.8, 4) is 5.75 Å². The van der Waals surface area contributed by atoms with Crippen LogP contribution in [0.25, 0.3) is 0 Å². The molecule has 0 fully saturated rings. The van der Waals surface area contributed by atoms with E-state index in [1.165, 1.54) is 18.2 Å². The first-order valence-corrected chi connectivity index (χ1v) is 6.50. The largest absolute Gasteiger partial charge is 0.488 e. The van der Waals surface area contributed by atoms with Crippen LogP contribution in [0.15, 0.2) is 39.6 Å². The van der Waals surface area contributed by atoms with Gasteiger partial charge in [-0.2, -0.15) is 12.8 Å². The van der Waals surface area contributed by atoms with E-state index >= 15 is 0 Å². The number of carbonyl (C=O) groups is 1. The molecule has 1 aliphatic rings. The smallest absolute Gasteiger partial charge is 0.355 e. The quantitative estimate of drug-likeness (QED) is 0.889. The lowest BCUT2D eigenvalue weighted by Crippen LogP contribution is -2.07. The van der Waals surface area contributed by atoms with Crippen molar-refractivity contribution in [3.63, 3.8) is 0 Å². The molecular weight excluding hydrogens is 277 g/mol. The third kappa shape index (κ3) is 2.97. The van der Waals surface area contributed by atoms with Gasteiger partial charge in [-0.15, -0.1) is 0 Å². The fourth-order valence-corrected chi connectivity index (χ4v) is 2.34. The standard InChI is InChI=1S/C11H8FNO5S/c12-7-2-1-3-8(4-7)18-6-9-5-10(11(14)15)13-19(9,16)17/h1-5H,6H2,(H,14,15). The Morgan fingerprint density at radius 2 is 2.16 bits per heavy atom. The highest BCUT2D eigenvalue weighted by molar-refractivity contribution is 7.94. The molecule has 0 aliphatic carbocycles. The lowest BCUT2D eigenvalue weighted by molar-refractivity contribution is -0.129. The van der Waals surface area contributed by atoms with Gasteiger partial charge >= 0.3 is 5.97 Å². The highest BCUT2D eigenvalue weighted by atomic mass is 32.2. The molecule has 0 amide bonds. The first kappa shape index (κ1) is 13.2. The molecule has 0 radical (unpaired) electrons. The molecule has 1 heterocycles. The molecule has 2 rings (SSSR count). The van der Waals surface area contributed by atoms with Crippen LogP contribution in [0.3, 0.4) is 0 Å². The van der Waals surface area contributed by atoms with E-state index in [-0.39, 0.29) is 10.7 Å². The molecule has 1 aliphatic heterocycles. The molecule has 19 heavy (non-hydrogen) atoms. The fraction of sp³-hybridized carbons (Fsp3) is 0.0909. The van der Waals surface area contributed by atoms with Gasteiger partial charge in [-0.25, -0.2) is 9.18 Å². The zero-order chi connectivity index (χ0) is 14.0. The Morgan fingerprint density at radius 3 is 2.74 bits per heavy atom. The molecule has 0 bridgehead atoms. The second-order valence-electron chi connectivity index (χ2n) is 3.61. The highest BCUT2D eigenvalue weighted by Crippen LogP contribution is 2.19. The third-order valence-corrected chi connectivity index (χ3v) is 3.58. The van der Waals surface area contributed by atoms with E-state index in [1.54, 1.807) is 0 Å². The molecule has 0 saturated carbocycles. The van der Waals surface area contributed by atoms with E-state index in [4.69, 9.17) is 9.84 Å². The van der Waals surface area contributed by atoms with Crippen LogP contribution < -0.4 is 4.74 Å². The second kappa shape index (κ2) is 4.81. The zero-order valence-corrected chi connectivity index (χ0v) is 10.2. The summed E-state index contributed by atoms with van der Waals surface area (Å²) in [6, 6.07) is 5.15. The van der Waals surface area contributed by atoms with E-state index in [9.17, 15) is 17.6 Å². The summed E-state index contributed by atoms with van der Waals surface area (Å²) < 4.78 is 44.0. The average molecular weight is 285 g/mol. The number of halogens is 1. The van der Waals surface area contributed by atoms with Crippen LogP contribution in [0.4, 0.5) is 4.39 Å². The molecule has 0 unspecified atom stereocenters. The lowest BCUT2D eigenvalue weighted by Gasteiger charge is -2.05. The van der Waals surface area contributed by atoms with Crippen molar-refractivity contribution in [3.05, 3.63) is 41.1 Å². The van der Waals surface area contributed by atoms with Gasteiger partial charge in [0.05, 0.1) is 0 Å². The van der Waals surface area contributed by atoms with Gasteiger partial charge in [0, 0.05) is 6.07 Å². The Labute approximate surface area is 107 Å². The molecule has 1 N–H and O–H groups in total. The average Bonchev–Trinajstić information content (AvgIpc) is 2.62. The SMILES string of the molecule is O=C(O)C1=NS(=O)(=O)C(COc2cccc(F)c2)=C1. The van der Waals surface area contributed by atoms with Crippen LogP contribution >= 0.6 is 0 Å². The monoisotopic (exact) mass is 285 g/mol. The molecular formula is C11H8FNO5S. The highest BCUT2D eigenvalue weighted by Gasteiger charge is 2.28. The van der Waals surface area contributed by atoms with Crippen molar-refractivity contribution in [1.82, 2.24) is 0 Å². The molecule has 1 aromatic rings. The topological polar surface area (TPSA) is 93.0 Å². The van der Waals surface area contributed by atoms with Gasteiger partial charge < -0.3 is 9.84 Å². The van der Waals surface area contributed by atoms with Crippen molar-refractivity contribution in [2.75, 3.05) is 6.61 Å². The number of carboxylic acid groups (broad SMARTS) is 1. The summed E-state index contributed by atoms with van der Waals surface area (Å²) in [4.78, 5) is 10.3. The summed E-state index contributed by atoms with van der Waals surface area (Å²) in [6.45, 7) is -0.411. The van der Waals surface area contributed by atoms with Crippen LogP contribution in [0.2, 0.25) is 0 Å². The molecule has 0 atom stereocenters. The van der Waals surface area contributed by atoms with Crippen molar-refractivity contribution < 1.29 is 27.4 Å². The first-order chi connectivity index (χ1) is 8.88. The Kier molecular flexibility index (Phi) is 3.34. The summed E-state index contributed by atoms with van der Waals surface area (Å²) in [6.07, 6.45) is 0.914. The van der Waals surface area contributed by atoms with Crippen molar-refractivity contribution in [2.24, 2.45) is 4.40 Å². The minimum Gasteiger partial charge on any atom is -0.488 e. The number of nitrogens with zero attached hydrogens (tertiary/aromatic N) is 1. The van der Waals surface area contributed by atoms with Crippen LogP contribution in [-0.2, 0) is 14.8 Å². The van der Waals surface area contributed by atoms with E-state index in [1.807, 2.05) is 0 Å². The Balaban J connectivity index is 2.13. The third-order valence-electron chi connectivity index (χ3n) is 2.24. The zero-order valence-electron chi connectivity index (χ0n) is 9.41. The van der Waals surface area contributed by atoms with Crippen molar-refractivity contribution >= 4 is 21.7 Å². The number of carboxylic acids is 1. The fourth-order valence-electron chi connectivity index (χ4n) is 1.37. The van der Waals surface area contributed by atoms with Gasteiger partial charge in [0.1, 0.15) is 23.1 Å². The Morgan fingerprint density at radius 1 is 1.42 bits per heavy atom. The van der Waals surface area contributed by atoms with Crippen LogP contribution in [0.5, 0.6) is 5.75 Å². The molecule has 100 valence electrons. The number of hydrogen-bond donors (Lipinski definition) is 1. The summed E-state index contributed by atoms with van der Waals surface area (Å²) >= 11 is 0. The van der Waals surface area contributed by atoms with Gasteiger partial charge in [0.2, 0.25) is 0 Å². The number of benzene rings is 1. The van der Waals surface area contributed by atoms with E-state index in [0.29, 0.717) is 0 Å². The second-order valence-corrected chi connectivity index (χ2v) is 5.27. The summed E-state index contributed by atoms with van der Waals surface area (Å²) in [5.74, 6) is -1.83. The summed E-state index contributed by atoms with van der Waals surface area (Å²) in [5, 5.41) is 8.65. The molecule has 0 aromatic heterocycles. The Hall–Kier alpha value is -2.22. The number of ether oxygens (including phenoxy) is 1. The number of rotatable bonds is 4. The van der Waals surface area contributed by atoms with Crippen molar-refractivity contribution in [2.45, 2.75) is 0 Å². The van der Waals surface area contributed by atoms with Crippen LogP contribution in [-0.4, -0.2) is 31.8 Å². The van der Waals surface area contributed by atoms with E-state index in [2.05, 4.69) is 4.40 Å². The molecule has 0 spiro atoms. The molecule has 1 aromatic carbocycles.